The maximum atomic E-state index is 12.1. The summed E-state index contributed by atoms with van der Waals surface area (Å²) in [5.41, 5.74) is 4.64. The number of rotatable bonds is 4. The summed E-state index contributed by atoms with van der Waals surface area (Å²) < 4.78 is 1.73. The Morgan fingerprint density at radius 2 is 2.04 bits per heavy atom. The lowest BCUT2D eigenvalue weighted by molar-refractivity contribution is -0.111. The van der Waals surface area contributed by atoms with Gasteiger partial charge < -0.3 is 5.32 Å². The Morgan fingerprint density at radius 1 is 1.29 bits per heavy atom. The minimum Gasteiger partial charge on any atom is -0.321 e. The number of nitrogens with one attached hydrogen (secondary N) is 1. The Kier molecular flexibility index (Phi) is 4.42. The number of fused-ring (bicyclic) bond motifs is 1. The SMILES string of the molecule is CCc1ccc(/C=C/C(=O)Nc2cnc3c(c2)c(C)nn3C)cc1. The first-order valence-electron chi connectivity index (χ1n) is 7.94. The Bertz CT molecular complexity index is 907. The molecule has 5 heteroatoms. The minimum atomic E-state index is -0.183. The van der Waals surface area contributed by atoms with Gasteiger partial charge in [0.05, 0.1) is 17.6 Å². The average molecular weight is 320 g/mol. The van der Waals surface area contributed by atoms with Crippen LogP contribution < -0.4 is 5.32 Å². The zero-order chi connectivity index (χ0) is 17.1. The third-order valence-corrected chi connectivity index (χ3v) is 3.95. The number of carbonyl (C=O) groups is 1. The van der Waals surface area contributed by atoms with Gasteiger partial charge in [0.2, 0.25) is 5.91 Å². The van der Waals surface area contributed by atoms with E-state index in [-0.39, 0.29) is 5.91 Å². The number of nitrogens with zero attached hydrogens (tertiary/aromatic N) is 3. The standard InChI is InChI=1S/C19H20N4O/c1-4-14-5-7-15(8-6-14)9-10-18(24)21-16-11-17-13(2)22-23(3)19(17)20-12-16/h5-12H,4H2,1-3H3,(H,21,24)/b10-9+. The van der Waals surface area contributed by atoms with Crippen LogP contribution in [0.3, 0.4) is 0 Å². The number of aryl methyl sites for hydroxylation is 3. The predicted octanol–water partition coefficient (Wildman–Crippen LogP) is 3.49. The van der Waals surface area contributed by atoms with Crippen molar-refractivity contribution in [2.45, 2.75) is 20.3 Å². The van der Waals surface area contributed by atoms with E-state index in [1.54, 1.807) is 17.0 Å². The molecule has 3 aromatic rings. The monoisotopic (exact) mass is 320 g/mol. The van der Waals surface area contributed by atoms with Crippen molar-refractivity contribution in [2.75, 3.05) is 5.32 Å². The molecule has 2 heterocycles. The molecule has 0 saturated heterocycles. The molecule has 0 atom stereocenters. The van der Waals surface area contributed by atoms with Crippen molar-refractivity contribution in [2.24, 2.45) is 7.05 Å². The molecule has 122 valence electrons. The lowest BCUT2D eigenvalue weighted by Crippen LogP contribution is -2.08. The molecule has 0 aliphatic carbocycles. The Balaban J connectivity index is 1.72. The molecule has 0 radical (unpaired) electrons. The first-order chi connectivity index (χ1) is 11.6. The van der Waals surface area contributed by atoms with Crippen molar-refractivity contribution in [3.05, 3.63) is 59.4 Å². The molecule has 0 aliphatic heterocycles. The number of amides is 1. The van der Waals surface area contributed by atoms with Gasteiger partial charge in [0.25, 0.3) is 0 Å². The second-order valence-electron chi connectivity index (χ2n) is 5.72. The fourth-order valence-electron chi connectivity index (χ4n) is 2.60. The fourth-order valence-corrected chi connectivity index (χ4v) is 2.60. The molecule has 0 fully saturated rings. The number of benzene rings is 1. The van der Waals surface area contributed by atoms with E-state index >= 15 is 0 Å². The van der Waals surface area contributed by atoms with Crippen LogP contribution >= 0.6 is 0 Å². The number of anilines is 1. The Hall–Kier alpha value is -2.95. The van der Waals surface area contributed by atoms with Gasteiger partial charge >= 0.3 is 0 Å². The minimum absolute atomic E-state index is 0.183. The smallest absolute Gasteiger partial charge is 0.248 e. The van der Waals surface area contributed by atoms with Crippen LogP contribution in [0.25, 0.3) is 17.1 Å². The molecule has 0 aliphatic rings. The summed E-state index contributed by atoms with van der Waals surface area (Å²) in [5, 5.41) is 8.11. The third kappa shape index (κ3) is 3.35. The summed E-state index contributed by atoms with van der Waals surface area (Å²) in [7, 11) is 1.85. The van der Waals surface area contributed by atoms with Gasteiger partial charge in [-0.2, -0.15) is 5.10 Å². The summed E-state index contributed by atoms with van der Waals surface area (Å²) in [6, 6.07) is 10.1. The van der Waals surface area contributed by atoms with Crippen LogP contribution in [0.5, 0.6) is 0 Å². The van der Waals surface area contributed by atoms with Crippen molar-refractivity contribution in [1.82, 2.24) is 14.8 Å². The van der Waals surface area contributed by atoms with E-state index in [1.165, 1.54) is 11.6 Å². The van der Waals surface area contributed by atoms with Crippen molar-refractivity contribution in [1.29, 1.82) is 0 Å². The van der Waals surface area contributed by atoms with Crippen LogP contribution in [-0.4, -0.2) is 20.7 Å². The van der Waals surface area contributed by atoms with Gasteiger partial charge in [-0.3, -0.25) is 9.48 Å². The van der Waals surface area contributed by atoms with E-state index in [0.29, 0.717) is 5.69 Å². The highest BCUT2D eigenvalue weighted by molar-refractivity contribution is 6.02. The van der Waals surface area contributed by atoms with Crippen molar-refractivity contribution in [3.8, 4) is 0 Å². The van der Waals surface area contributed by atoms with Crippen molar-refractivity contribution < 1.29 is 4.79 Å². The van der Waals surface area contributed by atoms with E-state index in [9.17, 15) is 4.79 Å². The first-order valence-corrected chi connectivity index (χ1v) is 7.94. The maximum Gasteiger partial charge on any atom is 0.248 e. The van der Waals surface area contributed by atoms with Crippen molar-refractivity contribution >= 4 is 28.7 Å². The highest BCUT2D eigenvalue weighted by atomic mass is 16.1. The topological polar surface area (TPSA) is 59.8 Å². The number of hydrogen-bond acceptors (Lipinski definition) is 3. The van der Waals surface area contributed by atoms with E-state index in [0.717, 1.165) is 28.7 Å². The fraction of sp³-hybridized carbons (Fsp3) is 0.211. The van der Waals surface area contributed by atoms with E-state index in [1.807, 2.05) is 32.2 Å². The summed E-state index contributed by atoms with van der Waals surface area (Å²) in [5.74, 6) is -0.183. The maximum absolute atomic E-state index is 12.1. The van der Waals surface area contributed by atoms with Crippen LogP contribution in [0.15, 0.2) is 42.6 Å². The number of carbonyl (C=O) groups excluding carboxylic acids is 1. The third-order valence-electron chi connectivity index (χ3n) is 3.95. The number of hydrogen-bond donors (Lipinski definition) is 1. The lowest BCUT2D eigenvalue weighted by Gasteiger charge is -2.02. The van der Waals surface area contributed by atoms with Gasteiger partial charge in [0.15, 0.2) is 5.65 Å². The predicted molar refractivity (Wildman–Crippen MR) is 96.7 cm³/mol. The second kappa shape index (κ2) is 6.66. The molecule has 1 aromatic carbocycles. The van der Waals surface area contributed by atoms with Gasteiger partial charge in [-0.1, -0.05) is 31.2 Å². The van der Waals surface area contributed by atoms with Gasteiger partial charge in [-0.15, -0.1) is 0 Å². The second-order valence-corrected chi connectivity index (χ2v) is 5.72. The summed E-state index contributed by atoms with van der Waals surface area (Å²) in [6.07, 6.45) is 5.98. The normalized spacial score (nSPS) is 11.3. The number of pyridine rings is 1. The van der Waals surface area contributed by atoms with Gasteiger partial charge in [0.1, 0.15) is 0 Å². The zero-order valence-electron chi connectivity index (χ0n) is 14.1. The average Bonchev–Trinajstić information content (AvgIpc) is 2.87. The quantitative estimate of drug-likeness (QED) is 0.749. The van der Waals surface area contributed by atoms with E-state index in [2.05, 4.69) is 34.5 Å². The molecule has 0 saturated carbocycles. The molecule has 5 nitrogen and oxygen atoms in total. The zero-order valence-corrected chi connectivity index (χ0v) is 14.1. The molecule has 1 amide bonds. The molecule has 0 unspecified atom stereocenters. The molecule has 1 N–H and O–H groups in total. The van der Waals surface area contributed by atoms with Crippen LogP contribution in [0.2, 0.25) is 0 Å². The van der Waals surface area contributed by atoms with E-state index in [4.69, 9.17) is 0 Å². The number of aromatic nitrogens is 3. The van der Waals surface area contributed by atoms with Crippen molar-refractivity contribution in [3.63, 3.8) is 0 Å². The summed E-state index contributed by atoms with van der Waals surface area (Å²) in [4.78, 5) is 16.4. The molecular formula is C19H20N4O. The largest absolute Gasteiger partial charge is 0.321 e. The van der Waals surface area contributed by atoms with E-state index < -0.39 is 0 Å². The molecule has 2 aromatic heterocycles. The molecule has 3 rings (SSSR count). The first kappa shape index (κ1) is 15.9. The Morgan fingerprint density at radius 3 is 2.75 bits per heavy atom. The lowest BCUT2D eigenvalue weighted by atomic mass is 10.1. The highest BCUT2D eigenvalue weighted by Gasteiger charge is 2.07. The molecule has 24 heavy (non-hydrogen) atoms. The summed E-state index contributed by atoms with van der Waals surface area (Å²) >= 11 is 0. The van der Waals surface area contributed by atoms with Gasteiger partial charge in [-0.05, 0) is 36.6 Å². The highest BCUT2D eigenvalue weighted by Crippen LogP contribution is 2.19. The van der Waals surface area contributed by atoms with Crippen LogP contribution in [0.4, 0.5) is 5.69 Å². The molecular weight excluding hydrogens is 300 g/mol. The Labute approximate surface area is 141 Å². The molecule has 0 spiro atoms. The molecule has 0 bridgehead atoms. The summed E-state index contributed by atoms with van der Waals surface area (Å²) in [6.45, 7) is 4.04. The van der Waals surface area contributed by atoms with Gasteiger partial charge in [0, 0.05) is 18.5 Å². The van der Waals surface area contributed by atoms with Gasteiger partial charge in [-0.25, -0.2) is 4.98 Å². The van der Waals surface area contributed by atoms with Crippen LogP contribution in [-0.2, 0) is 18.3 Å². The van der Waals surface area contributed by atoms with Crippen LogP contribution in [0.1, 0.15) is 23.7 Å². The van der Waals surface area contributed by atoms with Crippen LogP contribution in [0, 0.1) is 6.92 Å².